The molecule has 0 radical (unpaired) electrons. The van der Waals surface area contributed by atoms with Crippen molar-refractivity contribution in [2.45, 2.75) is 24.7 Å². The Bertz CT molecular complexity index is 507. The van der Waals surface area contributed by atoms with Crippen LogP contribution in [0, 0.1) is 0 Å². The molecule has 0 amide bonds. The number of phosphoric ester groups is 2. The molecule has 0 aliphatic carbocycles. The Morgan fingerprint density at radius 2 is 0.613 bits per heavy atom. The van der Waals surface area contributed by atoms with E-state index in [-0.39, 0.29) is 16.5 Å². The zero-order valence-corrected chi connectivity index (χ0v) is 16.6. The van der Waals surface area contributed by atoms with E-state index in [2.05, 4.69) is 18.1 Å². The standard InChI is InChI=1S/2C4H5F6O4P.Ni/c2*5-3(6,7)1-13-15(11,12)14-2-4(8,9)10;/h2*1-2H2,(H,11,12);/q;;+2/p-2. The quantitative estimate of drug-likeness (QED) is 0.244. The van der Waals surface area contributed by atoms with E-state index in [0.29, 0.717) is 0 Å². The Labute approximate surface area is 173 Å². The second-order valence-corrected chi connectivity index (χ2v) is 7.27. The molecule has 0 N–H and O–H groups in total. The van der Waals surface area contributed by atoms with Crippen molar-refractivity contribution < 1.29 is 106 Å². The van der Waals surface area contributed by atoms with E-state index in [1.54, 1.807) is 0 Å². The Balaban J connectivity index is -0.000000490. The zero-order chi connectivity index (χ0) is 24.7. The van der Waals surface area contributed by atoms with Gasteiger partial charge in [0.25, 0.3) is 15.6 Å². The first-order chi connectivity index (χ1) is 12.8. The summed E-state index contributed by atoms with van der Waals surface area (Å²) >= 11 is 0. The van der Waals surface area contributed by atoms with E-state index in [1.165, 1.54) is 0 Å². The van der Waals surface area contributed by atoms with Gasteiger partial charge in [-0.05, 0) is 0 Å². The molecular formula is C8H8F12NiO8P2. The van der Waals surface area contributed by atoms with Gasteiger partial charge in [-0.1, -0.05) is 0 Å². The monoisotopic (exact) mass is 580 g/mol. The molecule has 0 unspecified atom stereocenters. The van der Waals surface area contributed by atoms with Crippen LogP contribution in [0.5, 0.6) is 0 Å². The normalized spacial score (nSPS) is 13.9. The maximum Gasteiger partial charge on any atom is 2.00 e. The number of hydrogen-bond donors (Lipinski definition) is 0. The van der Waals surface area contributed by atoms with Crippen LogP contribution in [0.15, 0.2) is 0 Å². The smallest absolute Gasteiger partial charge is 0.756 e. The van der Waals surface area contributed by atoms with E-state index in [0.717, 1.165) is 0 Å². The maximum absolute atomic E-state index is 11.4. The molecule has 192 valence electrons. The Morgan fingerprint density at radius 1 is 0.484 bits per heavy atom. The predicted molar refractivity (Wildman–Crippen MR) is 63.2 cm³/mol. The van der Waals surface area contributed by atoms with Crippen molar-refractivity contribution in [3.63, 3.8) is 0 Å². The summed E-state index contributed by atoms with van der Waals surface area (Å²) < 4.78 is 170. The minimum atomic E-state index is -5.58. The van der Waals surface area contributed by atoms with E-state index >= 15 is 0 Å². The van der Waals surface area contributed by atoms with Gasteiger partial charge in [0.2, 0.25) is 0 Å². The van der Waals surface area contributed by atoms with Gasteiger partial charge in [0.05, 0.1) is 0 Å². The predicted octanol–water partition coefficient (Wildman–Crippen LogP) is 3.22. The Hall–Kier alpha value is -0.126. The molecule has 0 aliphatic rings. The van der Waals surface area contributed by atoms with Crippen molar-refractivity contribution in [1.82, 2.24) is 0 Å². The topological polar surface area (TPSA) is 117 Å². The molecule has 0 fully saturated rings. The van der Waals surface area contributed by atoms with Gasteiger partial charge < -0.3 is 27.9 Å². The van der Waals surface area contributed by atoms with Gasteiger partial charge in [-0.2, -0.15) is 52.7 Å². The van der Waals surface area contributed by atoms with E-state index < -0.39 is 66.8 Å². The first kappa shape index (κ1) is 35.5. The molecular weight excluding hydrogens is 573 g/mol. The summed E-state index contributed by atoms with van der Waals surface area (Å²) in [5.41, 5.74) is 0. The van der Waals surface area contributed by atoms with Gasteiger partial charge in [0, 0.05) is 0 Å². The molecule has 0 atom stereocenters. The third-order valence-corrected chi connectivity index (χ3v) is 3.33. The summed E-state index contributed by atoms with van der Waals surface area (Å²) in [5.74, 6) is 0. The molecule has 0 aromatic rings. The molecule has 0 rings (SSSR count). The summed E-state index contributed by atoms with van der Waals surface area (Å²) in [4.78, 5) is 20.6. The SMILES string of the molecule is O=P([O-])(OCC(F)(F)F)OCC(F)(F)F.O=P([O-])(OCC(F)(F)F)OCC(F)(F)F.[Ni+2]. The molecule has 0 aromatic carbocycles. The van der Waals surface area contributed by atoms with Crippen LogP contribution in [0.1, 0.15) is 0 Å². The number of alkyl halides is 12. The number of halogens is 12. The van der Waals surface area contributed by atoms with Crippen LogP contribution in [-0.2, 0) is 43.7 Å². The molecule has 0 saturated heterocycles. The van der Waals surface area contributed by atoms with Crippen molar-refractivity contribution >= 4 is 15.6 Å². The van der Waals surface area contributed by atoms with Gasteiger partial charge in [-0.25, -0.2) is 0 Å². The number of hydrogen-bond acceptors (Lipinski definition) is 8. The van der Waals surface area contributed by atoms with Crippen molar-refractivity contribution in [3.8, 4) is 0 Å². The third-order valence-electron chi connectivity index (χ3n) is 1.55. The van der Waals surface area contributed by atoms with Crippen LogP contribution in [0.2, 0.25) is 0 Å². The fourth-order valence-corrected chi connectivity index (χ4v) is 2.05. The molecule has 8 nitrogen and oxygen atoms in total. The first-order valence-electron chi connectivity index (χ1n) is 6.30. The summed E-state index contributed by atoms with van der Waals surface area (Å²) in [6.07, 6.45) is -19.9. The van der Waals surface area contributed by atoms with E-state index in [9.17, 15) is 71.6 Å². The van der Waals surface area contributed by atoms with Crippen LogP contribution in [0.3, 0.4) is 0 Å². The molecule has 0 heterocycles. The Morgan fingerprint density at radius 3 is 0.710 bits per heavy atom. The van der Waals surface area contributed by atoms with Crippen molar-refractivity contribution in [3.05, 3.63) is 0 Å². The van der Waals surface area contributed by atoms with E-state index in [4.69, 9.17) is 0 Å². The molecule has 0 bridgehead atoms. The summed E-state index contributed by atoms with van der Waals surface area (Å²) in [7, 11) is -11.2. The molecule has 0 saturated carbocycles. The summed E-state index contributed by atoms with van der Waals surface area (Å²) in [6, 6.07) is 0. The summed E-state index contributed by atoms with van der Waals surface area (Å²) in [5, 5.41) is 0. The molecule has 0 aliphatic heterocycles. The van der Waals surface area contributed by atoms with Crippen molar-refractivity contribution in [2.24, 2.45) is 0 Å². The number of phosphoric acid groups is 2. The Kier molecular flexibility index (Phi) is 14.8. The fourth-order valence-electron chi connectivity index (χ4n) is 0.684. The first-order valence-corrected chi connectivity index (χ1v) is 9.22. The van der Waals surface area contributed by atoms with Gasteiger partial charge in [-0.3, -0.25) is 9.13 Å². The van der Waals surface area contributed by atoms with Gasteiger partial charge in [0.1, 0.15) is 0 Å². The van der Waals surface area contributed by atoms with Gasteiger partial charge in [-0.15, -0.1) is 0 Å². The average molecular weight is 581 g/mol. The minimum Gasteiger partial charge on any atom is -0.756 e. The van der Waals surface area contributed by atoms with Crippen molar-refractivity contribution in [1.29, 1.82) is 0 Å². The second-order valence-electron chi connectivity index (χ2n) is 4.45. The van der Waals surface area contributed by atoms with Gasteiger partial charge in [0.15, 0.2) is 26.4 Å². The summed E-state index contributed by atoms with van der Waals surface area (Å²) in [6.45, 7) is -8.92. The van der Waals surface area contributed by atoms with Crippen LogP contribution >= 0.6 is 15.6 Å². The molecule has 0 spiro atoms. The van der Waals surface area contributed by atoms with Crippen LogP contribution in [0.4, 0.5) is 52.7 Å². The second kappa shape index (κ2) is 12.9. The largest absolute Gasteiger partial charge is 2.00 e. The molecule has 31 heavy (non-hydrogen) atoms. The maximum atomic E-state index is 11.4. The van der Waals surface area contributed by atoms with Crippen LogP contribution in [-0.4, -0.2) is 51.1 Å². The zero-order valence-electron chi connectivity index (χ0n) is 13.8. The molecule has 23 heteroatoms. The van der Waals surface area contributed by atoms with Crippen LogP contribution < -0.4 is 9.79 Å². The van der Waals surface area contributed by atoms with Crippen LogP contribution in [0.25, 0.3) is 0 Å². The van der Waals surface area contributed by atoms with Gasteiger partial charge >= 0.3 is 41.2 Å². The molecule has 0 aromatic heterocycles. The third kappa shape index (κ3) is 29.9. The fraction of sp³-hybridized carbons (Fsp3) is 1.00. The van der Waals surface area contributed by atoms with Crippen molar-refractivity contribution in [2.75, 3.05) is 26.4 Å². The number of rotatable bonds is 8. The van der Waals surface area contributed by atoms with E-state index in [1.807, 2.05) is 0 Å². The average Bonchev–Trinajstić information content (AvgIpc) is 2.46. The minimum absolute atomic E-state index is 0.